The number of methoxy groups -OCH3 is 1. The van der Waals surface area contributed by atoms with Crippen LogP contribution in [0.5, 0.6) is 0 Å². The predicted octanol–water partition coefficient (Wildman–Crippen LogP) is -3.56. The molecule has 0 bridgehead atoms. The van der Waals surface area contributed by atoms with Crippen LogP contribution >= 0.6 is 0 Å². The fourth-order valence-corrected chi connectivity index (χ4v) is 1.15. The van der Waals surface area contributed by atoms with Crippen LogP contribution in [0.4, 0.5) is 4.79 Å². The van der Waals surface area contributed by atoms with E-state index in [1.807, 2.05) is 0 Å². The number of rotatable bonds is 0. The highest BCUT2D eigenvalue weighted by molar-refractivity contribution is 5.56. The molecule has 1 aliphatic rings. The number of hydrogen-bond donors (Lipinski definition) is 1. The van der Waals surface area contributed by atoms with Crippen molar-refractivity contribution in [2.24, 2.45) is 0 Å². The number of halogens is 1. The van der Waals surface area contributed by atoms with Crippen molar-refractivity contribution >= 4 is 6.09 Å². The van der Waals surface area contributed by atoms with Gasteiger partial charge in [-0.15, -0.1) is 0 Å². The highest BCUT2D eigenvalue weighted by atomic mass is 79.9. The van der Waals surface area contributed by atoms with Crippen LogP contribution in [0.3, 0.4) is 0 Å². The first-order chi connectivity index (χ1) is 4.34. The van der Waals surface area contributed by atoms with E-state index < -0.39 is 0 Å². The third-order valence-electron chi connectivity index (χ3n) is 1.68. The number of alkyl carbamates (subject to hydrolysis) is 2. The first kappa shape index (κ1) is 9.91. The van der Waals surface area contributed by atoms with Crippen LogP contribution in [0.25, 0.3) is 0 Å². The van der Waals surface area contributed by atoms with Gasteiger partial charge in [0.1, 0.15) is 0 Å². The molecule has 1 saturated heterocycles. The first-order valence-electron chi connectivity index (χ1n) is 3.27. The van der Waals surface area contributed by atoms with Crippen LogP contribution in [-0.4, -0.2) is 26.3 Å². The lowest BCUT2D eigenvalue weighted by atomic mass is 10.4. The van der Waals surface area contributed by atoms with Crippen molar-refractivity contribution in [3.63, 3.8) is 0 Å². The van der Waals surface area contributed by atoms with Gasteiger partial charge < -0.3 is 21.7 Å². The Hall–Kier alpha value is -0.0900. The number of carbonyl (C=O) groups is 1. The van der Waals surface area contributed by atoms with Crippen molar-refractivity contribution in [3.8, 4) is 0 Å². The average Bonchev–Trinajstić information content (AvgIpc) is 2.37. The summed E-state index contributed by atoms with van der Waals surface area (Å²) in [5, 5.41) is 0. The normalized spacial score (nSPS) is 18.1. The Kier molecular flexibility index (Phi) is 4.64. The van der Waals surface area contributed by atoms with Gasteiger partial charge in [-0.05, 0) is 0 Å². The van der Waals surface area contributed by atoms with Crippen LogP contribution in [0.2, 0.25) is 0 Å². The van der Waals surface area contributed by atoms with Gasteiger partial charge in [0.15, 0.2) is 0 Å². The van der Waals surface area contributed by atoms with E-state index in [2.05, 4.69) is 4.74 Å². The van der Waals surface area contributed by atoms with Crippen molar-refractivity contribution in [2.75, 3.05) is 20.2 Å². The molecule has 0 saturated carbocycles. The molecule has 0 radical (unpaired) electrons. The molecule has 0 spiro atoms. The minimum absolute atomic E-state index is 0. The highest BCUT2D eigenvalue weighted by Gasteiger charge is 2.23. The Bertz CT molecular complexity index is 112. The molecule has 0 unspecified atom stereocenters. The van der Waals surface area contributed by atoms with Gasteiger partial charge >= 0.3 is 6.09 Å². The second kappa shape index (κ2) is 4.68. The molecule has 4 heteroatoms. The summed E-state index contributed by atoms with van der Waals surface area (Å²) in [5.41, 5.74) is 0. The summed E-state index contributed by atoms with van der Waals surface area (Å²) in [4.78, 5) is 11.7. The predicted molar refractivity (Wildman–Crippen MR) is 32.3 cm³/mol. The Morgan fingerprint density at radius 3 is 2.30 bits per heavy atom. The molecule has 0 aromatic rings. The van der Waals surface area contributed by atoms with E-state index in [1.54, 1.807) is 0 Å². The van der Waals surface area contributed by atoms with Crippen molar-refractivity contribution in [3.05, 3.63) is 0 Å². The maximum Gasteiger partial charge on any atom is 0.514 e. The van der Waals surface area contributed by atoms with Gasteiger partial charge in [0.2, 0.25) is 0 Å². The summed E-state index contributed by atoms with van der Waals surface area (Å²) >= 11 is 0. The monoisotopic (exact) mass is 209 g/mol. The third kappa shape index (κ3) is 2.27. The number of quaternary nitrogens is 1. The number of ether oxygens (including phenoxy) is 1. The molecule has 1 rings (SSSR count). The zero-order valence-electron chi connectivity index (χ0n) is 6.02. The van der Waals surface area contributed by atoms with Crippen LogP contribution in [0.1, 0.15) is 12.8 Å². The summed E-state index contributed by atoms with van der Waals surface area (Å²) in [6, 6.07) is 0. The van der Waals surface area contributed by atoms with E-state index in [4.69, 9.17) is 0 Å². The second-order valence-corrected chi connectivity index (χ2v) is 2.30. The standard InChI is InChI=1S/C6H11NO2.BrH/c1-9-6(8)7-4-2-3-5-7;/h2-5H2,1H3;1H. The third-order valence-corrected chi connectivity index (χ3v) is 1.68. The van der Waals surface area contributed by atoms with E-state index in [0.717, 1.165) is 30.8 Å². The molecule has 1 amide bonds. The van der Waals surface area contributed by atoms with Crippen molar-refractivity contribution in [1.82, 2.24) is 0 Å². The van der Waals surface area contributed by atoms with E-state index in [1.165, 1.54) is 7.11 Å². The highest BCUT2D eigenvalue weighted by Crippen LogP contribution is 1.87. The number of nitrogens with one attached hydrogen (secondary N) is 1. The van der Waals surface area contributed by atoms with Gasteiger partial charge in [0.05, 0.1) is 20.2 Å². The van der Waals surface area contributed by atoms with Gasteiger partial charge in [-0.25, -0.2) is 4.90 Å². The average molecular weight is 210 g/mol. The maximum atomic E-state index is 10.8. The SMILES string of the molecule is COC(=O)[NH+]1CCCC1.[Br-]. The van der Waals surface area contributed by atoms with E-state index in [-0.39, 0.29) is 23.1 Å². The van der Waals surface area contributed by atoms with Crippen molar-refractivity contribution < 1.29 is 31.4 Å². The van der Waals surface area contributed by atoms with Gasteiger partial charge in [0, 0.05) is 12.8 Å². The quantitative estimate of drug-likeness (QED) is 0.448. The van der Waals surface area contributed by atoms with E-state index in [9.17, 15) is 4.79 Å². The van der Waals surface area contributed by atoms with Crippen molar-refractivity contribution in [2.45, 2.75) is 12.8 Å². The largest absolute Gasteiger partial charge is 1.00 e. The van der Waals surface area contributed by atoms with Gasteiger partial charge in [-0.3, -0.25) is 0 Å². The molecule has 0 aromatic heterocycles. The fourth-order valence-electron chi connectivity index (χ4n) is 1.15. The molecular formula is C6H12BrNO2. The Morgan fingerprint density at radius 1 is 1.40 bits per heavy atom. The molecule has 1 aliphatic heterocycles. The molecule has 0 aliphatic carbocycles. The van der Waals surface area contributed by atoms with Crippen LogP contribution in [-0.2, 0) is 4.74 Å². The molecule has 0 aromatic carbocycles. The fraction of sp³-hybridized carbons (Fsp3) is 0.833. The molecular weight excluding hydrogens is 198 g/mol. The smallest absolute Gasteiger partial charge is 0.514 e. The van der Waals surface area contributed by atoms with E-state index in [0.29, 0.717) is 0 Å². The molecule has 1 fully saturated rings. The lowest BCUT2D eigenvalue weighted by Gasteiger charge is -2.04. The van der Waals surface area contributed by atoms with E-state index >= 15 is 0 Å². The molecule has 0 atom stereocenters. The Labute approximate surface area is 71.1 Å². The number of carbonyl (C=O) groups excluding carboxylic acids is 1. The van der Waals surface area contributed by atoms with Gasteiger partial charge in [0.25, 0.3) is 0 Å². The van der Waals surface area contributed by atoms with Crippen LogP contribution < -0.4 is 21.9 Å². The summed E-state index contributed by atoms with van der Waals surface area (Å²) in [6.45, 7) is 1.90. The minimum Gasteiger partial charge on any atom is -1.00 e. The summed E-state index contributed by atoms with van der Waals surface area (Å²) in [6.07, 6.45) is 2.21. The summed E-state index contributed by atoms with van der Waals surface area (Å²) < 4.78 is 4.56. The number of likely N-dealkylation sites (tertiary alicyclic amines) is 1. The number of hydrogen-bond acceptors (Lipinski definition) is 2. The maximum absolute atomic E-state index is 10.8. The minimum atomic E-state index is -0.104. The van der Waals surface area contributed by atoms with Crippen LogP contribution in [0.15, 0.2) is 0 Å². The first-order valence-corrected chi connectivity index (χ1v) is 3.27. The number of amides is 1. The Balaban J connectivity index is 0.000000810. The summed E-state index contributed by atoms with van der Waals surface area (Å²) in [5.74, 6) is 0. The molecule has 10 heavy (non-hydrogen) atoms. The van der Waals surface area contributed by atoms with Crippen LogP contribution in [0, 0.1) is 0 Å². The topological polar surface area (TPSA) is 30.7 Å². The van der Waals surface area contributed by atoms with Gasteiger partial charge in [-0.1, -0.05) is 0 Å². The zero-order valence-corrected chi connectivity index (χ0v) is 7.61. The zero-order chi connectivity index (χ0) is 6.69. The van der Waals surface area contributed by atoms with Crippen molar-refractivity contribution in [1.29, 1.82) is 0 Å². The second-order valence-electron chi connectivity index (χ2n) is 2.30. The Morgan fingerprint density at radius 2 is 1.90 bits per heavy atom. The molecule has 1 N–H and O–H groups in total. The lowest BCUT2D eigenvalue weighted by Crippen LogP contribution is -3.12. The summed E-state index contributed by atoms with van der Waals surface area (Å²) in [7, 11) is 1.44. The van der Waals surface area contributed by atoms with Gasteiger partial charge in [-0.2, -0.15) is 4.79 Å². The lowest BCUT2D eigenvalue weighted by molar-refractivity contribution is -0.809. The molecule has 1 heterocycles. The molecule has 3 nitrogen and oxygen atoms in total. The molecule has 60 valence electrons.